The van der Waals surface area contributed by atoms with Crippen LogP contribution < -0.4 is 5.32 Å². The van der Waals surface area contributed by atoms with E-state index in [9.17, 15) is 4.79 Å². The van der Waals surface area contributed by atoms with E-state index in [-0.39, 0.29) is 5.78 Å². The van der Waals surface area contributed by atoms with Gasteiger partial charge >= 0.3 is 0 Å². The van der Waals surface area contributed by atoms with E-state index in [1.807, 2.05) is 38.4 Å². The van der Waals surface area contributed by atoms with Gasteiger partial charge in [-0.3, -0.25) is 9.69 Å². The second-order valence-electron chi connectivity index (χ2n) is 7.96. The average Bonchev–Trinajstić information content (AvgIpc) is 2.80. The summed E-state index contributed by atoms with van der Waals surface area (Å²) >= 11 is 0. The van der Waals surface area contributed by atoms with Gasteiger partial charge in [-0.05, 0) is 45.0 Å². The third kappa shape index (κ3) is 6.36. The lowest BCUT2D eigenvalue weighted by Crippen LogP contribution is -2.52. The molecule has 1 atom stereocenters. The van der Waals surface area contributed by atoms with Gasteiger partial charge in [-0.2, -0.15) is 0 Å². The Morgan fingerprint density at radius 2 is 1.70 bits per heavy atom. The molecule has 0 bridgehead atoms. The molecule has 4 nitrogen and oxygen atoms in total. The standard InChI is InChI=1S/C22H27NO.C4H9NO/c1-6-18-12-14-20(15-13-18)21(24)22(7-2,23(4)5)16-19-10-8-17(3)9-11-19;1-3-6-4-2-5-1/h6,8-15H,1,7,16H2,2-5H3;5H,1-4H2. The summed E-state index contributed by atoms with van der Waals surface area (Å²) < 4.78 is 5.01. The highest BCUT2D eigenvalue weighted by molar-refractivity contribution is 6.03. The first-order valence-corrected chi connectivity index (χ1v) is 10.7. The molecule has 1 N–H and O–H groups in total. The second-order valence-corrected chi connectivity index (χ2v) is 7.96. The summed E-state index contributed by atoms with van der Waals surface area (Å²) in [6.45, 7) is 11.8. The van der Waals surface area contributed by atoms with Gasteiger partial charge in [-0.1, -0.05) is 73.7 Å². The van der Waals surface area contributed by atoms with E-state index >= 15 is 0 Å². The molecule has 1 fully saturated rings. The van der Waals surface area contributed by atoms with Crippen molar-refractivity contribution in [3.05, 3.63) is 77.4 Å². The predicted molar refractivity (Wildman–Crippen MR) is 126 cm³/mol. The number of ether oxygens (including phenoxy) is 1. The highest BCUT2D eigenvalue weighted by Crippen LogP contribution is 2.28. The van der Waals surface area contributed by atoms with Crippen molar-refractivity contribution in [3.8, 4) is 0 Å². The van der Waals surface area contributed by atoms with Crippen LogP contribution in [0.4, 0.5) is 0 Å². The van der Waals surface area contributed by atoms with Gasteiger partial charge in [-0.25, -0.2) is 0 Å². The fourth-order valence-electron chi connectivity index (χ4n) is 3.64. The SMILES string of the molecule is C1COCCN1.C=Cc1ccc(C(=O)C(CC)(Cc2ccc(C)cc2)N(C)C)cc1. The molecule has 0 aliphatic carbocycles. The Hall–Kier alpha value is -2.27. The molecule has 3 rings (SSSR count). The summed E-state index contributed by atoms with van der Waals surface area (Å²) in [6, 6.07) is 16.2. The lowest BCUT2D eigenvalue weighted by molar-refractivity contribution is 0.0666. The van der Waals surface area contributed by atoms with Crippen LogP contribution in [-0.2, 0) is 11.2 Å². The third-order valence-corrected chi connectivity index (χ3v) is 5.74. The molecule has 2 aromatic carbocycles. The zero-order valence-corrected chi connectivity index (χ0v) is 18.9. The number of ketones is 1. The number of aryl methyl sites for hydroxylation is 1. The Kier molecular flexibility index (Phi) is 9.44. The molecule has 0 radical (unpaired) electrons. The van der Waals surface area contributed by atoms with Gasteiger partial charge in [0.2, 0.25) is 0 Å². The van der Waals surface area contributed by atoms with Crippen molar-refractivity contribution in [3.63, 3.8) is 0 Å². The van der Waals surface area contributed by atoms with Crippen LogP contribution in [0.2, 0.25) is 0 Å². The van der Waals surface area contributed by atoms with Crippen molar-refractivity contribution < 1.29 is 9.53 Å². The van der Waals surface area contributed by atoms with Gasteiger partial charge in [0.05, 0.1) is 18.8 Å². The van der Waals surface area contributed by atoms with Gasteiger partial charge in [0.1, 0.15) is 0 Å². The van der Waals surface area contributed by atoms with Gasteiger partial charge in [0.15, 0.2) is 5.78 Å². The van der Waals surface area contributed by atoms with Crippen molar-refractivity contribution in [2.45, 2.75) is 32.2 Å². The Balaban J connectivity index is 0.000000456. The fraction of sp³-hybridized carbons (Fsp3) is 0.423. The minimum Gasteiger partial charge on any atom is -0.379 e. The maximum atomic E-state index is 13.3. The lowest BCUT2D eigenvalue weighted by atomic mass is 9.80. The number of carbonyl (C=O) groups is 1. The maximum Gasteiger partial charge on any atom is 0.183 e. The molecule has 1 aliphatic heterocycles. The second kappa shape index (κ2) is 11.8. The van der Waals surface area contributed by atoms with Gasteiger partial charge in [-0.15, -0.1) is 0 Å². The Morgan fingerprint density at radius 3 is 2.10 bits per heavy atom. The molecule has 0 amide bonds. The van der Waals surface area contributed by atoms with Crippen molar-refractivity contribution in [1.82, 2.24) is 10.2 Å². The van der Waals surface area contributed by atoms with Crippen molar-refractivity contribution in [2.24, 2.45) is 0 Å². The molecule has 4 heteroatoms. The van der Waals surface area contributed by atoms with Crippen LogP contribution in [0.5, 0.6) is 0 Å². The van der Waals surface area contributed by atoms with Crippen LogP contribution in [0.1, 0.15) is 40.4 Å². The number of nitrogens with zero attached hydrogens (tertiary/aromatic N) is 1. The number of likely N-dealkylation sites (N-methyl/N-ethyl adjacent to an activating group) is 1. The summed E-state index contributed by atoms with van der Waals surface area (Å²) in [7, 11) is 3.99. The normalized spacial score (nSPS) is 15.6. The molecule has 1 unspecified atom stereocenters. The quantitative estimate of drug-likeness (QED) is 0.691. The highest BCUT2D eigenvalue weighted by Gasteiger charge is 2.39. The number of morpholine rings is 1. The monoisotopic (exact) mass is 408 g/mol. The molecule has 1 aliphatic rings. The highest BCUT2D eigenvalue weighted by atomic mass is 16.5. The molecule has 1 heterocycles. The number of hydrogen-bond donors (Lipinski definition) is 1. The minimum atomic E-state index is -0.537. The van der Waals surface area contributed by atoms with E-state index in [0.29, 0.717) is 6.42 Å². The number of hydrogen-bond acceptors (Lipinski definition) is 4. The first-order chi connectivity index (χ1) is 14.4. The van der Waals surface area contributed by atoms with Gasteiger partial charge < -0.3 is 10.1 Å². The Labute approximate surface area is 181 Å². The largest absolute Gasteiger partial charge is 0.379 e. The van der Waals surface area contributed by atoms with Gasteiger partial charge in [0, 0.05) is 18.7 Å². The smallest absolute Gasteiger partial charge is 0.183 e. The molecule has 1 saturated heterocycles. The molecule has 0 spiro atoms. The van der Waals surface area contributed by atoms with Crippen molar-refractivity contribution in [2.75, 3.05) is 40.4 Å². The number of benzene rings is 2. The summed E-state index contributed by atoms with van der Waals surface area (Å²) in [5, 5.41) is 3.16. The Morgan fingerprint density at radius 1 is 1.10 bits per heavy atom. The zero-order chi connectivity index (χ0) is 22.0. The lowest BCUT2D eigenvalue weighted by Gasteiger charge is -2.38. The first kappa shape index (κ1) is 24.0. The van der Waals surface area contributed by atoms with Crippen molar-refractivity contribution in [1.29, 1.82) is 0 Å². The summed E-state index contributed by atoms with van der Waals surface area (Å²) in [5.41, 5.74) is 3.66. The predicted octanol–water partition coefficient (Wildman–Crippen LogP) is 4.38. The molecule has 0 saturated carbocycles. The number of rotatable bonds is 7. The summed E-state index contributed by atoms with van der Waals surface area (Å²) in [6.07, 6.45) is 3.26. The molecule has 2 aromatic rings. The van der Waals surface area contributed by atoms with Crippen molar-refractivity contribution >= 4 is 11.9 Å². The molecular weight excluding hydrogens is 372 g/mol. The first-order valence-electron chi connectivity index (χ1n) is 10.7. The number of nitrogens with one attached hydrogen (secondary N) is 1. The fourth-order valence-corrected chi connectivity index (χ4v) is 3.64. The zero-order valence-electron chi connectivity index (χ0n) is 18.9. The van der Waals surface area contributed by atoms with Crippen LogP contribution in [0.3, 0.4) is 0 Å². The van der Waals surface area contributed by atoms with Crippen LogP contribution >= 0.6 is 0 Å². The van der Waals surface area contributed by atoms with Gasteiger partial charge in [0.25, 0.3) is 0 Å². The van der Waals surface area contributed by atoms with E-state index in [0.717, 1.165) is 43.9 Å². The van der Waals surface area contributed by atoms with E-state index in [4.69, 9.17) is 4.74 Å². The molecule has 162 valence electrons. The summed E-state index contributed by atoms with van der Waals surface area (Å²) in [5.74, 6) is 0.172. The van der Waals surface area contributed by atoms with Crippen LogP contribution in [0, 0.1) is 6.92 Å². The van der Waals surface area contributed by atoms with Crippen LogP contribution in [0.25, 0.3) is 6.08 Å². The average molecular weight is 409 g/mol. The van der Waals surface area contributed by atoms with E-state index in [1.54, 1.807) is 6.08 Å². The topological polar surface area (TPSA) is 41.6 Å². The van der Waals surface area contributed by atoms with E-state index < -0.39 is 5.54 Å². The number of Topliss-reactive ketones (excluding diaryl/α,β-unsaturated/α-hetero) is 1. The van der Waals surface area contributed by atoms with Crippen LogP contribution in [-0.4, -0.2) is 56.6 Å². The maximum absolute atomic E-state index is 13.3. The Bertz CT molecular complexity index is 781. The molecular formula is C26H36N2O2. The van der Waals surface area contributed by atoms with Crippen LogP contribution in [0.15, 0.2) is 55.1 Å². The summed E-state index contributed by atoms with van der Waals surface area (Å²) in [4.78, 5) is 15.4. The van der Waals surface area contributed by atoms with E-state index in [1.165, 1.54) is 11.1 Å². The molecule has 0 aromatic heterocycles. The minimum absolute atomic E-state index is 0.172. The number of carbonyl (C=O) groups excluding carboxylic acids is 1. The third-order valence-electron chi connectivity index (χ3n) is 5.74. The van der Waals surface area contributed by atoms with E-state index in [2.05, 4.69) is 54.9 Å². The molecule has 30 heavy (non-hydrogen) atoms.